The molecule has 12 heteroatoms. The fourth-order valence-corrected chi connectivity index (χ4v) is 4.88. The van der Waals surface area contributed by atoms with Crippen LogP contribution in [0.4, 0.5) is 13.2 Å². The molecule has 0 bridgehead atoms. The van der Waals surface area contributed by atoms with E-state index in [9.17, 15) is 23.1 Å². The molecule has 0 aliphatic carbocycles. The predicted octanol–water partition coefficient (Wildman–Crippen LogP) is 5.63. The van der Waals surface area contributed by atoms with Crippen molar-refractivity contribution in [2.24, 2.45) is 7.05 Å². The molecule has 0 amide bonds. The maximum absolute atomic E-state index is 14.0. The van der Waals surface area contributed by atoms with E-state index in [-0.39, 0.29) is 40.1 Å². The molecule has 8 nitrogen and oxygen atoms in total. The zero-order valence-electron chi connectivity index (χ0n) is 20.8. The van der Waals surface area contributed by atoms with Gasteiger partial charge >= 0.3 is 12.6 Å². The highest BCUT2D eigenvalue weighted by Gasteiger charge is 2.27. The van der Waals surface area contributed by atoms with E-state index < -0.39 is 18.4 Å². The van der Waals surface area contributed by atoms with Gasteiger partial charge < -0.3 is 19.1 Å². The average Bonchev–Trinajstić information content (AvgIpc) is 3.48. The minimum atomic E-state index is -3.11. The molecular formula is C27H24ClF3N4O4. The molecular weight excluding hydrogens is 537 g/mol. The van der Waals surface area contributed by atoms with Crippen LogP contribution in [0.15, 0.2) is 48.5 Å². The number of carboxylic acid groups (broad SMARTS) is 1. The molecule has 1 aliphatic rings. The lowest BCUT2D eigenvalue weighted by Crippen LogP contribution is -2.22. The summed E-state index contributed by atoms with van der Waals surface area (Å²) in [5, 5.41) is 9.67. The molecule has 3 heterocycles. The van der Waals surface area contributed by atoms with Crippen molar-refractivity contribution in [3.8, 4) is 11.5 Å². The maximum atomic E-state index is 14.0. The van der Waals surface area contributed by atoms with Crippen molar-refractivity contribution in [2.45, 2.75) is 32.1 Å². The van der Waals surface area contributed by atoms with Gasteiger partial charge in [-0.2, -0.15) is 8.78 Å². The monoisotopic (exact) mass is 560 g/mol. The minimum absolute atomic E-state index is 0.0960. The maximum Gasteiger partial charge on any atom is 0.387 e. The van der Waals surface area contributed by atoms with Crippen molar-refractivity contribution in [3.63, 3.8) is 0 Å². The van der Waals surface area contributed by atoms with Crippen molar-refractivity contribution in [1.82, 2.24) is 19.4 Å². The summed E-state index contributed by atoms with van der Waals surface area (Å²) in [5.74, 6) is -1.24. The average molecular weight is 561 g/mol. The summed E-state index contributed by atoms with van der Waals surface area (Å²) in [6.07, 6.45) is 0.843. The van der Waals surface area contributed by atoms with Gasteiger partial charge in [-0.15, -0.1) is 0 Å². The number of rotatable bonds is 9. The number of nitrogens with zero attached hydrogens (tertiary/aromatic N) is 4. The van der Waals surface area contributed by atoms with Crippen molar-refractivity contribution >= 4 is 28.6 Å². The van der Waals surface area contributed by atoms with Gasteiger partial charge in [0.05, 0.1) is 23.3 Å². The highest BCUT2D eigenvalue weighted by molar-refractivity contribution is 6.30. The van der Waals surface area contributed by atoms with Gasteiger partial charge in [-0.05, 0) is 55.4 Å². The zero-order chi connectivity index (χ0) is 27.7. The number of aromatic nitrogens is 3. The third-order valence-electron chi connectivity index (χ3n) is 6.66. The molecule has 0 radical (unpaired) electrons. The molecule has 1 N–H and O–H groups in total. The van der Waals surface area contributed by atoms with Crippen molar-refractivity contribution < 1.29 is 32.5 Å². The van der Waals surface area contributed by atoms with Gasteiger partial charge in [-0.1, -0.05) is 17.7 Å². The Morgan fingerprint density at radius 1 is 1.18 bits per heavy atom. The van der Waals surface area contributed by atoms with E-state index in [0.717, 1.165) is 24.7 Å². The van der Waals surface area contributed by atoms with Gasteiger partial charge in [-0.25, -0.2) is 14.2 Å². The van der Waals surface area contributed by atoms with E-state index in [1.165, 1.54) is 18.2 Å². The molecule has 1 atom stereocenters. The molecule has 1 unspecified atom stereocenters. The summed E-state index contributed by atoms with van der Waals surface area (Å²) in [7, 11) is 1.71. The molecule has 5 rings (SSSR count). The van der Waals surface area contributed by atoms with Crippen LogP contribution in [0.1, 0.15) is 39.9 Å². The fraction of sp³-hybridized carbons (Fsp3) is 0.296. The number of pyridine rings is 1. The first-order valence-electron chi connectivity index (χ1n) is 12.1. The van der Waals surface area contributed by atoms with Gasteiger partial charge in [0.15, 0.2) is 17.3 Å². The second-order valence-electron chi connectivity index (χ2n) is 9.25. The Morgan fingerprint density at radius 3 is 2.74 bits per heavy atom. The summed E-state index contributed by atoms with van der Waals surface area (Å²) < 4.78 is 51.8. The third kappa shape index (κ3) is 5.94. The molecule has 1 saturated heterocycles. The first-order chi connectivity index (χ1) is 18.7. The van der Waals surface area contributed by atoms with Crippen LogP contribution in [-0.2, 0) is 20.2 Å². The molecule has 39 heavy (non-hydrogen) atoms. The third-order valence-corrected chi connectivity index (χ3v) is 6.90. The molecule has 1 aliphatic heterocycles. The lowest BCUT2D eigenvalue weighted by molar-refractivity contribution is -0.0489. The number of carbonyl (C=O) groups is 1. The lowest BCUT2D eigenvalue weighted by Gasteiger charge is -2.16. The zero-order valence-corrected chi connectivity index (χ0v) is 21.5. The molecule has 2 aromatic carbocycles. The molecule has 1 fully saturated rings. The largest absolute Gasteiger partial charge is 0.484 e. The number of fused-ring (bicyclic) bond motifs is 1. The Bertz CT molecular complexity index is 1530. The van der Waals surface area contributed by atoms with E-state index in [0.29, 0.717) is 30.1 Å². The quantitative estimate of drug-likeness (QED) is 0.284. The highest BCUT2D eigenvalue weighted by Crippen LogP contribution is 2.32. The van der Waals surface area contributed by atoms with Crippen LogP contribution in [0.3, 0.4) is 0 Å². The SMILES string of the molecule is Cn1c(CN2CCC(c3cccc(COc4ccc(Cl)cc4F)n3)C2)nc2c(OC(F)F)cc(C(=O)O)cc21. The Balaban J connectivity index is 1.28. The Kier molecular flexibility index (Phi) is 7.62. The predicted molar refractivity (Wildman–Crippen MR) is 137 cm³/mol. The van der Waals surface area contributed by atoms with Gasteiger partial charge in [0.1, 0.15) is 17.9 Å². The fourth-order valence-electron chi connectivity index (χ4n) is 4.72. The van der Waals surface area contributed by atoms with E-state index in [1.54, 1.807) is 17.7 Å². The van der Waals surface area contributed by atoms with Gasteiger partial charge in [0.2, 0.25) is 0 Å². The number of benzene rings is 2. The lowest BCUT2D eigenvalue weighted by atomic mass is 10.0. The normalized spacial score (nSPS) is 15.8. The van der Waals surface area contributed by atoms with Crippen LogP contribution in [0.2, 0.25) is 5.02 Å². The second-order valence-corrected chi connectivity index (χ2v) is 9.69. The number of hydrogen-bond acceptors (Lipinski definition) is 6. The molecule has 2 aromatic heterocycles. The number of halogens is 4. The second kappa shape index (κ2) is 11.1. The van der Waals surface area contributed by atoms with Crippen LogP contribution in [0, 0.1) is 5.82 Å². The Morgan fingerprint density at radius 2 is 2.00 bits per heavy atom. The van der Waals surface area contributed by atoms with Crippen LogP contribution in [0.25, 0.3) is 11.0 Å². The van der Waals surface area contributed by atoms with Crippen LogP contribution in [-0.4, -0.2) is 50.2 Å². The topological polar surface area (TPSA) is 89.7 Å². The van der Waals surface area contributed by atoms with E-state index in [2.05, 4.69) is 14.6 Å². The van der Waals surface area contributed by atoms with Crippen LogP contribution in [0.5, 0.6) is 11.5 Å². The minimum Gasteiger partial charge on any atom is -0.484 e. The first-order valence-corrected chi connectivity index (χ1v) is 12.5. The number of aromatic carboxylic acids is 1. The van der Waals surface area contributed by atoms with Crippen LogP contribution < -0.4 is 9.47 Å². The smallest absolute Gasteiger partial charge is 0.387 e. The van der Waals surface area contributed by atoms with Gasteiger partial charge in [-0.3, -0.25) is 9.88 Å². The van der Waals surface area contributed by atoms with Gasteiger partial charge in [0.25, 0.3) is 0 Å². The van der Waals surface area contributed by atoms with E-state index in [1.807, 2.05) is 18.2 Å². The number of imidazole rings is 1. The summed E-state index contributed by atoms with van der Waals surface area (Å²) in [6, 6.07) is 12.3. The van der Waals surface area contributed by atoms with Crippen LogP contribution >= 0.6 is 11.6 Å². The Hall–Kier alpha value is -3.83. The molecule has 4 aromatic rings. The summed E-state index contributed by atoms with van der Waals surface area (Å²) in [4.78, 5) is 22.9. The highest BCUT2D eigenvalue weighted by atomic mass is 35.5. The number of hydrogen-bond donors (Lipinski definition) is 1. The summed E-state index contributed by atoms with van der Waals surface area (Å²) in [6.45, 7) is -1.14. The van der Waals surface area contributed by atoms with Gasteiger partial charge in [0, 0.05) is 30.2 Å². The molecule has 0 spiro atoms. The summed E-state index contributed by atoms with van der Waals surface area (Å²) in [5.41, 5.74) is 1.96. The standard InChI is InChI=1S/C27H24ClF3N4O4/c1-34-21-9-16(26(36)37)10-23(39-27(30)31)25(21)33-24(34)13-35-8-7-15(12-35)20-4-2-3-18(32-20)14-38-22-6-5-17(28)11-19(22)29/h2-6,9-11,15,27H,7-8,12-14H2,1H3,(H,36,37). The molecule has 204 valence electrons. The number of likely N-dealkylation sites (tertiary alicyclic amines) is 1. The van der Waals surface area contributed by atoms with E-state index >= 15 is 0 Å². The first kappa shape index (κ1) is 26.8. The van der Waals surface area contributed by atoms with Crippen molar-refractivity contribution in [2.75, 3.05) is 13.1 Å². The number of ether oxygens (including phenoxy) is 2. The van der Waals surface area contributed by atoms with Crippen molar-refractivity contribution in [3.05, 3.63) is 82.1 Å². The Labute approximate surface area is 226 Å². The molecule has 0 saturated carbocycles. The number of carboxylic acids is 1. The van der Waals surface area contributed by atoms with Crippen molar-refractivity contribution in [1.29, 1.82) is 0 Å². The number of aryl methyl sites for hydroxylation is 1. The van der Waals surface area contributed by atoms with E-state index in [4.69, 9.17) is 21.3 Å². The number of alkyl halides is 2. The summed E-state index contributed by atoms with van der Waals surface area (Å²) >= 11 is 5.79.